The smallest absolute Gasteiger partial charge is 0.224 e. The van der Waals surface area contributed by atoms with Crippen molar-refractivity contribution in [3.63, 3.8) is 0 Å². The van der Waals surface area contributed by atoms with Crippen molar-refractivity contribution in [1.29, 1.82) is 0 Å². The van der Waals surface area contributed by atoms with Gasteiger partial charge >= 0.3 is 0 Å². The van der Waals surface area contributed by atoms with Crippen molar-refractivity contribution in [2.24, 2.45) is 0 Å². The summed E-state index contributed by atoms with van der Waals surface area (Å²) in [5.41, 5.74) is 2.53. The molecule has 0 aliphatic carbocycles. The Labute approximate surface area is 148 Å². The number of carbonyl (C=O) groups excluding carboxylic acids is 2. The summed E-state index contributed by atoms with van der Waals surface area (Å²) in [6.07, 6.45) is 1.01. The van der Waals surface area contributed by atoms with Gasteiger partial charge in [0, 0.05) is 37.5 Å². The van der Waals surface area contributed by atoms with Crippen LogP contribution in [0.5, 0.6) is 5.75 Å². The fourth-order valence-corrected chi connectivity index (χ4v) is 2.28. The minimum Gasteiger partial charge on any atom is -0.494 e. The van der Waals surface area contributed by atoms with E-state index in [1.165, 1.54) is 6.92 Å². The quantitative estimate of drug-likeness (QED) is 0.587. The molecule has 0 atom stereocenters. The second kappa shape index (κ2) is 8.87. The molecule has 2 aromatic rings. The lowest BCUT2D eigenvalue weighted by atomic mass is 10.1. The van der Waals surface area contributed by atoms with Gasteiger partial charge in [-0.1, -0.05) is 0 Å². The lowest BCUT2D eigenvalue weighted by Gasteiger charge is -2.13. The highest BCUT2D eigenvalue weighted by Gasteiger charge is 2.04. The van der Waals surface area contributed by atoms with Crippen molar-refractivity contribution in [1.82, 2.24) is 0 Å². The summed E-state index contributed by atoms with van der Waals surface area (Å²) < 4.78 is 5.59. The zero-order chi connectivity index (χ0) is 18.2. The molecule has 0 fully saturated rings. The van der Waals surface area contributed by atoms with Crippen LogP contribution in [0.2, 0.25) is 0 Å². The second-order valence-electron chi connectivity index (χ2n) is 6.02. The highest BCUT2D eigenvalue weighted by Crippen LogP contribution is 2.16. The molecule has 0 radical (unpaired) electrons. The number of Topliss-reactive ketones (excluding diaryl/α,β-unsaturated/α-hetero) is 1. The standard InChI is InChI=1S/C20H24N2O3/c1-15(23)16-6-12-19(13-7-16)25-14-4-5-20(24)21-17-8-10-18(11-9-17)22(2)3/h6-13H,4-5,14H2,1-3H3,(H,21,24). The molecule has 0 bridgehead atoms. The van der Waals surface area contributed by atoms with Crippen molar-refractivity contribution < 1.29 is 14.3 Å². The van der Waals surface area contributed by atoms with E-state index in [9.17, 15) is 9.59 Å². The third-order valence-electron chi connectivity index (χ3n) is 3.75. The Morgan fingerprint density at radius 2 is 1.64 bits per heavy atom. The number of amides is 1. The summed E-state index contributed by atoms with van der Waals surface area (Å²) in [6, 6.07) is 14.7. The first-order valence-corrected chi connectivity index (χ1v) is 8.27. The third kappa shape index (κ3) is 5.95. The molecule has 0 saturated carbocycles. The average molecular weight is 340 g/mol. The van der Waals surface area contributed by atoms with E-state index in [4.69, 9.17) is 4.74 Å². The Bertz CT molecular complexity index is 707. The fraction of sp³-hybridized carbons (Fsp3) is 0.300. The summed E-state index contributed by atoms with van der Waals surface area (Å²) in [5, 5.41) is 2.88. The molecule has 0 aromatic heterocycles. The molecular weight excluding hydrogens is 316 g/mol. The summed E-state index contributed by atoms with van der Waals surface area (Å²) in [6.45, 7) is 1.98. The minimum absolute atomic E-state index is 0.0295. The molecule has 25 heavy (non-hydrogen) atoms. The first-order valence-electron chi connectivity index (χ1n) is 8.27. The van der Waals surface area contributed by atoms with Gasteiger partial charge in [0.25, 0.3) is 0 Å². The fourth-order valence-electron chi connectivity index (χ4n) is 2.28. The third-order valence-corrected chi connectivity index (χ3v) is 3.75. The molecule has 132 valence electrons. The van der Waals surface area contributed by atoms with Crippen LogP contribution in [0.25, 0.3) is 0 Å². The molecule has 1 N–H and O–H groups in total. The Kier molecular flexibility index (Phi) is 6.57. The van der Waals surface area contributed by atoms with E-state index in [-0.39, 0.29) is 11.7 Å². The Hall–Kier alpha value is -2.82. The molecule has 0 saturated heterocycles. The van der Waals surface area contributed by atoms with Gasteiger partial charge in [0.2, 0.25) is 5.91 Å². The predicted molar refractivity (Wildman–Crippen MR) is 101 cm³/mol. The van der Waals surface area contributed by atoms with Crippen molar-refractivity contribution in [2.45, 2.75) is 19.8 Å². The number of nitrogens with zero attached hydrogens (tertiary/aromatic N) is 1. The van der Waals surface area contributed by atoms with Crippen molar-refractivity contribution in [3.05, 3.63) is 54.1 Å². The van der Waals surface area contributed by atoms with Gasteiger partial charge < -0.3 is 15.0 Å². The Balaban J connectivity index is 1.70. The molecule has 5 heteroatoms. The molecule has 0 heterocycles. The summed E-state index contributed by atoms with van der Waals surface area (Å²) >= 11 is 0. The number of benzene rings is 2. The van der Waals surface area contributed by atoms with Crippen LogP contribution in [0.3, 0.4) is 0 Å². The van der Waals surface area contributed by atoms with Gasteiger partial charge in [-0.2, -0.15) is 0 Å². The molecule has 2 aromatic carbocycles. The number of carbonyl (C=O) groups is 2. The van der Waals surface area contributed by atoms with Gasteiger partial charge in [0.1, 0.15) is 5.75 Å². The number of nitrogens with one attached hydrogen (secondary N) is 1. The molecule has 0 aliphatic rings. The number of hydrogen-bond acceptors (Lipinski definition) is 4. The maximum atomic E-state index is 11.9. The van der Waals surface area contributed by atoms with Gasteiger partial charge in [-0.05, 0) is 61.9 Å². The van der Waals surface area contributed by atoms with Crippen LogP contribution in [0.15, 0.2) is 48.5 Å². The lowest BCUT2D eigenvalue weighted by Crippen LogP contribution is -2.13. The van der Waals surface area contributed by atoms with Gasteiger partial charge in [0.05, 0.1) is 6.61 Å². The van der Waals surface area contributed by atoms with Crippen LogP contribution >= 0.6 is 0 Å². The highest BCUT2D eigenvalue weighted by molar-refractivity contribution is 5.94. The van der Waals surface area contributed by atoms with E-state index in [0.717, 1.165) is 11.4 Å². The van der Waals surface area contributed by atoms with Gasteiger partial charge in [-0.3, -0.25) is 9.59 Å². The normalized spacial score (nSPS) is 10.2. The van der Waals surface area contributed by atoms with Crippen LogP contribution in [0.4, 0.5) is 11.4 Å². The van der Waals surface area contributed by atoms with Crippen LogP contribution in [-0.4, -0.2) is 32.4 Å². The molecule has 0 aliphatic heterocycles. The van der Waals surface area contributed by atoms with E-state index in [1.807, 2.05) is 43.3 Å². The lowest BCUT2D eigenvalue weighted by molar-refractivity contribution is -0.116. The zero-order valence-electron chi connectivity index (χ0n) is 14.9. The molecule has 0 unspecified atom stereocenters. The predicted octanol–water partition coefficient (Wildman–Crippen LogP) is 3.75. The number of ether oxygens (including phenoxy) is 1. The number of anilines is 2. The van der Waals surface area contributed by atoms with Crippen LogP contribution in [-0.2, 0) is 4.79 Å². The largest absolute Gasteiger partial charge is 0.494 e. The molecule has 0 spiro atoms. The summed E-state index contributed by atoms with van der Waals surface area (Å²) in [7, 11) is 3.95. The highest BCUT2D eigenvalue weighted by atomic mass is 16.5. The van der Waals surface area contributed by atoms with Crippen molar-refractivity contribution in [2.75, 3.05) is 30.9 Å². The Morgan fingerprint density at radius 3 is 2.20 bits per heavy atom. The van der Waals surface area contributed by atoms with Gasteiger partial charge in [0.15, 0.2) is 5.78 Å². The zero-order valence-corrected chi connectivity index (χ0v) is 14.9. The minimum atomic E-state index is -0.0341. The first kappa shape index (κ1) is 18.5. The molecule has 5 nitrogen and oxygen atoms in total. The van der Waals surface area contributed by atoms with Crippen molar-refractivity contribution >= 4 is 23.1 Å². The number of rotatable bonds is 8. The van der Waals surface area contributed by atoms with Crippen molar-refractivity contribution in [3.8, 4) is 5.75 Å². The first-order chi connectivity index (χ1) is 12.0. The SMILES string of the molecule is CC(=O)c1ccc(OCCCC(=O)Nc2ccc(N(C)C)cc2)cc1. The van der Waals surface area contributed by atoms with E-state index < -0.39 is 0 Å². The second-order valence-corrected chi connectivity index (χ2v) is 6.02. The van der Waals surface area contributed by atoms with Crippen LogP contribution in [0.1, 0.15) is 30.1 Å². The summed E-state index contributed by atoms with van der Waals surface area (Å²) in [4.78, 5) is 25.2. The number of hydrogen-bond donors (Lipinski definition) is 1. The van der Waals surface area contributed by atoms with Crippen LogP contribution < -0.4 is 15.0 Å². The van der Waals surface area contributed by atoms with Gasteiger partial charge in [-0.15, -0.1) is 0 Å². The van der Waals surface area contributed by atoms with E-state index >= 15 is 0 Å². The molecule has 1 amide bonds. The molecule has 2 rings (SSSR count). The maximum Gasteiger partial charge on any atom is 0.224 e. The number of ketones is 1. The maximum absolute atomic E-state index is 11.9. The monoisotopic (exact) mass is 340 g/mol. The van der Waals surface area contributed by atoms with Gasteiger partial charge in [-0.25, -0.2) is 0 Å². The Morgan fingerprint density at radius 1 is 1.00 bits per heavy atom. The van der Waals surface area contributed by atoms with Crippen LogP contribution in [0, 0.1) is 0 Å². The summed E-state index contributed by atoms with van der Waals surface area (Å²) in [5.74, 6) is 0.694. The van der Waals surface area contributed by atoms with E-state index in [1.54, 1.807) is 24.3 Å². The van der Waals surface area contributed by atoms with E-state index in [0.29, 0.717) is 30.8 Å². The molecular formula is C20H24N2O3. The topological polar surface area (TPSA) is 58.6 Å². The van der Waals surface area contributed by atoms with E-state index in [2.05, 4.69) is 5.32 Å². The average Bonchev–Trinajstić information content (AvgIpc) is 2.59.